The predicted octanol–water partition coefficient (Wildman–Crippen LogP) is 4.06. The van der Waals surface area contributed by atoms with Gasteiger partial charge in [0.2, 0.25) is 0 Å². The van der Waals surface area contributed by atoms with Crippen LogP contribution in [0.3, 0.4) is 0 Å². The molecule has 0 unspecified atom stereocenters. The van der Waals surface area contributed by atoms with E-state index < -0.39 is 0 Å². The molecule has 2 rings (SSSR count). The smallest absolute Gasteiger partial charge is 0.0264 e. The number of hydrogen-bond acceptors (Lipinski definition) is 0. The SMILES string of the molecule is ClCCc1ccccc1Cc1ccccc1. The zero-order valence-corrected chi connectivity index (χ0v) is 9.95. The first-order chi connectivity index (χ1) is 7.90. The molecule has 0 bridgehead atoms. The number of halogens is 1. The van der Waals surface area contributed by atoms with Gasteiger partial charge in [0.25, 0.3) is 0 Å². The molecule has 0 aliphatic carbocycles. The highest BCUT2D eigenvalue weighted by molar-refractivity contribution is 6.18. The molecule has 2 aromatic rings. The van der Waals surface area contributed by atoms with Crippen LogP contribution in [-0.2, 0) is 12.8 Å². The molecule has 0 N–H and O–H groups in total. The van der Waals surface area contributed by atoms with Crippen molar-refractivity contribution in [1.29, 1.82) is 0 Å². The third kappa shape index (κ3) is 2.86. The Morgan fingerprint density at radius 3 is 2.06 bits per heavy atom. The summed E-state index contributed by atoms with van der Waals surface area (Å²) < 4.78 is 0. The number of alkyl halides is 1. The molecule has 0 heterocycles. The summed E-state index contributed by atoms with van der Waals surface area (Å²) in [6.45, 7) is 0. The van der Waals surface area contributed by atoms with Crippen molar-refractivity contribution in [3.05, 3.63) is 71.3 Å². The van der Waals surface area contributed by atoms with Gasteiger partial charge in [-0.05, 0) is 29.5 Å². The van der Waals surface area contributed by atoms with Crippen LogP contribution < -0.4 is 0 Å². The van der Waals surface area contributed by atoms with Crippen molar-refractivity contribution in [2.24, 2.45) is 0 Å². The van der Waals surface area contributed by atoms with Crippen LogP contribution in [0.25, 0.3) is 0 Å². The first-order valence-electron chi connectivity index (χ1n) is 5.57. The molecule has 0 nitrogen and oxygen atoms in total. The summed E-state index contributed by atoms with van der Waals surface area (Å²) in [5.74, 6) is 0.686. The third-order valence-corrected chi connectivity index (χ3v) is 2.91. The lowest BCUT2D eigenvalue weighted by Crippen LogP contribution is -1.96. The van der Waals surface area contributed by atoms with Crippen molar-refractivity contribution in [3.8, 4) is 0 Å². The van der Waals surface area contributed by atoms with Crippen molar-refractivity contribution in [2.75, 3.05) is 5.88 Å². The molecule has 0 saturated carbocycles. The van der Waals surface area contributed by atoms with Gasteiger partial charge in [0.05, 0.1) is 0 Å². The van der Waals surface area contributed by atoms with Gasteiger partial charge in [-0.1, -0.05) is 54.6 Å². The lowest BCUT2D eigenvalue weighted by Gasteiger charge is -2.08. The molecule has 82 valence electrons. The molecule has 0 radical (unpaired) electrons. The van der Waals surface area contributed by atoms with Crippen molar-refractivity contribution in [3.63, 3.8) is 0 Å². The lowest BCUT2D eigenvalue weighted by atomic mass is 9.98. The van der Waals surface area contributed by atoms with Gasteiger partial charge in [0, 0.05) is 5.88 Å². The Balaban J connectivity index is 2.21. The van der Waals surface area contributed by atoms with Crippen LogP contribution in [-0.4, -0.2) is 5.88 Å². The summed E-state index contributed by atoms with van der Waals surface area (Å²) >= 11 is 5.81. The highest BCUT2D eigenvalue weighted by atomic mass is 35.5. The maximum Gasteiger partial charge on any atom is 0.0264 e. The van der Waals surface area contributed by atoms with E-state index >= 15 is 0 Å². The molecule has 0 fully saturated rings. The molecule has 0 aromatic heterocycles. The Kier molecular flexibility index (Phi) is 4.01. The van der Waals surface area contributed by atoms with E-state index in [1.165, 1.54) is 16.7 Å². The fraction of sp³-hybridized carbons (Fsp3) is 0.200. The summed E-state index contributed by atoms with van der Waals surface area (Å²) in [7, 11) is 0. The molecular weight excluding hydrogens is 216 g/mol. The highest BCUT2D eigenvalue weighted by Gasteiger charge is 2.01. The van der Waals surface area contributed by atoms with Crippen LogP contribution in [0.1, 0.15) is 16.7 Å². The van der Waals surface area contributed by atoms with Crippen molar-refractivity contribution in [2.45, 2.75) is 12.8 Å². The molecule has 2 aromatic carbocycles. The zero-order valence-electron chi connectivity index (χ0n) is 9.20. The standard InChI is InChI=1S/C15H15Cl/c16-11-10-14-8-4-5-9-15(14)12-13-6-2-1-3-7-13/h1-9H,10-12H2. The Morgan fingerprint density at radius 1 is 0.750 bits per heavy atom. The topological polar surface area (TPSA) is 0 Å². The van der Waals surface area contributed by atoms with Gasteiger partial charge < -0.3 is 0 Å². The average molecular weight is 231 g/mol. The van der Waals surface area contributed by atoms with Crippen LogP contribution in [0.15, 0.2) is 54.6 Å². The summed E-state index contributed by atoms with van der Waals surface area (Å²) in [5, 5.41) is 0. The average Bonchev–Trinajstić information content (AvgIpc) is 2.33. The van der Waals surface area contributed by atoms with Crippen molar-refractivity contribution < 1.29 is 0 Å². The molecule has 0 atom stereocenters. The number of benzene rings is 2. The minimum atomic E-state index is 0.686. The lowest BCUT2D eigenvalue weighted by molar-refractivity contribution is 1.07. The molecule has 0 saturated heterocycles. The Labute approximate surface area is 102 Å². The highest BCUT2D eigenvalue weighted by Crippen LogP contribution is 2.15. The Bertz CT molecular complexity index is 434. The summed E-state index contributed by atoms with van der Waals surface area (Å²) in [6, 6.07) is 19.1. The minimum Gasteiger partial charge on any atom is -0.126 e. The van der Waals surface area contributed by atoms with Gasteiger partial charge >= 0.3 is 0 Å². The van der Waals surface area contributed by atoms with E-state index in [0.29, 0.717) is 5.88 Å². The first-order valence-corrected chi connectivity index (χ1v) is 6.10. The molecule has 0 aliphatic heterocycles. The fourth-order valence-corrected chi connectivity index (χ4v) is 2.10. The fourth-order valence-electron chi connectivity index (χ4n) is 1.89. The first kappa shape index (κ1) is 11.2. The predicted molar refractivity (Wildman–Crippen MR) is 70.1 cm³/mol. The van der Waals surface area contributed by atoms with Crippen LogP contribution >= 0.6 is 11.6 Å². The monoisotopic (exact) mass is 230 g/mol. The van der Waals surface area contributed by atoms with Crippen LogP contribution in [0.2, 0.25) is 0 Å². The minimum absolute atomic E-state index is 0.686. The molecule has 1 heteroatoms. The normalized spacial score (nSPS) is 10.3. The van der Waals surface area contributed by atoms with Gasteiger partial charge in [-0.15, -0.1) is 11.6 Å². The third-order valence-electron chi connectivity index (χ3n) is 2.72. The van der Waals surface area contributed by atoms with E-state index in [4.69, 9.17) is 11.6 Å². The number of hydrogen-bond donors (Lipinski definition) is 0. The van der Waals surface area contributed by atoms with Crippen LogP contribution in [0, 0.1) is 0 Å². The van der Waals surface area contributed by atoms with Gasteiger partial charge in [-0.2, -0.15) is 0 Å². The van der Waals surface area contributed by atoms with E-state index in [1.807, 2.05) is 6.07 Å². The zero-order chi connectivity index (χ0) is 11.2. The molecular formula is C15H15Cl. The quantitative estimate of drug-likeness (QED) is 0.695. The molecule has 0 aliphatic rings. The second kappa shape index (κ2) is 5.72. The number of rotatable bonds is 4. The maximum absolute atomic E-state index is 5.81. The maximum atomic E-state index is 5.81. The summed E-state index contributed by atoms with van der Waals surface area (Å²) in [5.41, 5.74) is 4.10. The molecule has 0 amide bonds. The van der Waals surface area contributed by atoms with Crippen molar-refractivity contribution in [1.82, 2.24) is 0 Å². The molecule has 16 heavy (non-hydrogen) atoms. The van der Waals surface area contributed by atoms with Gasteiger partial charge in [-0.3, -0.25) is 0 Å². The van der Waals surface area contributed by atoms with Crippen molar-refractivity contribution >= 4 is 11.6 Å². The largest absolute Gasteiger partial charge is 0.126 e. The van der Waals surface area contributed by atoms with Crippen LogP contribution in [0.4, 0.5) is 0 Å². The van der Waals surface area contributed by atoms with E-state index in [2.05, 4.69) is 48.5 Å². The van der Waals surface area contributed by atoms with Crippen LogP contribution in [0.5, 0.6) is 0 Å². The van der Waals surface area contributed by atoms with Gasteiger partial charge in [0.15, 0.2) is 0 Å². The summed E-state index contributed by atoms with van der Waals surface area (Å²) in [6.07, 6.45) is 1.94. The number of aryl methyl sites for hydroxylation is 1. The second-order valence-corrected chi connectivity index (χ2v) is 4.25. The van der Waals surface area contributed by atoms with E-state index in [1.54, 1.807) is 0 Å². The Morgan fingerprint density at radius 2 is 1.38 bits per heavy atom. The van der Waals surface area contributed by atoms with E-state index in [9.17, 15) is 0 Å². The van der Waals surface area contributed by atoms with E-state index in [-0.39, 0.29) is 0 Å². The van der Waals surface area contributed by atoms with E-state index in [0.717, 1.165) is 12.8 Å². The summed E-state index contributed by atoms with van der Waals surface area (Å²) in [4.78, 5) is 0. The Hall–Kier alpha value is -1.27. The molecule has 0 spiro atoms. The second-order valence-electron chi connectivity index (χ2n) is 3.87. The van der Waals surface area contributed by atoms with Gasteiger partial charge in [0.1, 0.15) is 0 Å². The van der Waals surface area contributed by atoms with Gasteiger partial charge in [-0.25, -0.2) is 0 Å².